The average Bonchev–Trinajstić information content (AvgIpc) is 2.91. The van der Waals surface area contributed by atoms with Crippen molar-refractivity contribution in [1.82, 2.24) is 4.98 Å². The molecule has 0 amide bonds. The van der Waals surface area contributed by atoms with Crippen LogP contribution in [-0.2, 0) is 23.0 Å². The monoisotopic (exact) mass is 327 g/mol. The van der Waals surface area contributed by atoms with Gasteiger partial charge >= 0.3 is 0 Å². The van der Waals surface area contributed by atoms with E-state index in [2.05, 4.69) is 17.2 Å². The molecule has 114 valence electrons. The summed E-state index contributed by atoms with van der Waals surface area (Å²) >= 11 is 1.62. The Morgan fingerprint density at radius 1 is 1.43 bits per heavy atom. The zero-order valence-corrected chi connectivity index (χ0v) is 13.4. The van der Waals surface area contributed by atoms with Gasteiger partial charge in [-0.3, -0.25) is 0 Å². The quantitative estimate of drug-likeness (QED) is 0.846. The smallest absolute Gasteiger partial charge is 0.238 e. The molecule has 0 aliphatic rings. The molecule has 2 rings (SSSR count). The molecule has 0 radical (unpaired) electrons. The Morgan fingerprint density at radius 3 is 2.76 bits per heavy atom. The molecular weight excluding hydrogens is 310 g/mol. The van der Waals surface area contributed by atoms with Gasteiger partial charge in [0.2, 0.25) is 10.0 Å². The molecule has 2 aromatic rings. The fourth-order valence-corrected chi connectivity index (χ4v) is 3.12. The average molecular weight is 327 g/mol. The van der Waals surface area contributed by atoms with Crippen LogP contribution in [0.3, 0.4) is 0 Å². The SMILES string of the molecule is CCc1ncc(CNc2cc(S(N)(=O)=O)ccc2OC)s1. The van der Waals surface area contributed by atoms with Gasteiger partial charge in [-0.15, -0.1) is 11.3 Å². The Kier molecular flexibility index (Phi) is 4.81. The molecule has 0 bridgehead atoms. The van der Waals surface area contributed by atoms with Gasteiger partial charge in [-0.05, 0) is 24.6 Å². The Morgan fingerprint density at radius 2 is 2.19 bits per heavy atom. The Bertz CT molecular complexity index is 726. The minimum Gasteiger partial charge on any atom is -0.495 e. The summed E-state index contributed by atoms with van der Waals surface area (Å²) in [5, 5.41) is 9.36. The number of primary sulfonamides is 1. The first-order chi connectivity index (χ1) is 9.94. The molecule has 0 saturated heterocycles. The van der Waals surface area contributed by atoms with E-state index in [-0.39, 0.29) is 4.90 Å². The minimum atomic E-state index is -3.74. The second kappa shape index (κ2) is 6.42. The largest absolute Gasteiger partial charge is 0.495 e. The van der Waals surface area contributed by atoms with Crippen LogP contribution < -0.4 is 15.2 Å². The lowest BCUT2D eigenvalue weighted by atomic mass is 10.3. The molecule has 21 heavy (non-hydrogen) atoms. The lowest BCUT2D eigenvalue weighted by Gasteiger charge is -2.11. The van der Waals surface area contributed by atoms with Crippen molar-refractivity contribution in [1.29, 1.82) is 0 Å². The van der Waals surface area contributed by atoms with Crippen molar-refractivity contribution in [2.45, 2.75) is 24.8 Å². The fourth-order valence-electron chi connectivity index (χ4n) is 1.78. The predicted molar refractivity (Wildman–Crippen MR) is 83.2 cm³/mol. The molecule has 0 atom stereocenters. The van der Waals surface area contributed by atoms with Gasteiger partial charge < -0.3 is 10.1 Å². The van der Waals surface area contributed by atoms with Crippen LogP contribution >= 0.6 is 11.3 Å². The lowest BCUT2D eigenvalue weighted by Crippen LogP contribution is -2.12. The number of hydrogen-bond acceptors (Lipinski definition) is 6. The zero-order chi connectivity index (χ0) is 15.5. The van der Waals surface area contributed by atoms with Crippen LogP contribution in [-0.4, -0.2) is 20.5 Å². The molecule has 1 aromatic carbocycles. The van der Waals surface area contributed by atoms with E-state index in [0.717, 1.165) is 16.3 Å². The zero-order valence-electron chi connectivity index (χ0n) is 11.8. The molecule has 1 aromatic heterocycles. The minimum absolute atomic E-state index is 0.0457. The standard InChI is InChI=1S/C13H17N3O3S2/c1-3-13-16-8-9(20-13)7-15-11-6-10(21(14,17)18)4-5-12(11)19-2/h4-6,8,15H,3,7H2,1-2H3,(H2,14,17,18). The first kappa shape index (κ1) is 15.7. The van der Waals surface area contributed by atoms with Gasteiger partial charge in [0.1, 0.15) is 5.75 Å². The highest BCUT2D eigenvalue weighted by atomic mass is 32.2. The number of ether oxygens (including phenoxy) is 1. The molecule has 1 heterocycles. The maximum atomic E-state index is 11.4. The second-order valence-electron chi connectivity index (χ2n) is 4.33. The molecule has 0 aliphatic carbocycles. The molecule has 0 unspecified atom stereocenters. The number of aromatic nitrogens is 1. The van der Waals surface area contributed by atoms with Gasteiger partial charge in [0.05, 0.1) is 29.2 Å². The molecule has 0 aliphatic heterocycles. The predicted octanol–water partition coefficient (Wildman–Crippen LogP) is 1.97. The Labute approximate surface area is 128 Å². The molecular formula is C13H17N3O3S2. The normalized spacial score (nSPS) is 11.4. The van der Waals surface area contributed by atoms with E-state index < -0.39 is 10.0 Å². The molecule has 0 saturated carbocycles. The van der Waals surface area contributed by atoms with Gasteiger partial charge in [0.15, 0.2) is 0 Å². The number of thiazole rings is 1. The summed E-state index contributed by atoms with van der Waals surface area (Å²) in [6.07, 6.45) is 2.71. The van der Waals surface area contributed by atoms with Crippen LogP contribution in [0.2, 0.25) is 0 Å². The van der Waals surface area contributed by atoms with E-state index in [0.29, 0.717) is 18.0 Å². The van der Waals surface area contributed by atoms with Crippen LogP contribution in [0.4, 0.5) is 5.69 Å². The van der Waals surface area contributed by atoms with Gasteiger partial charge in [0, 0.05) is 11.1 Å². The third-order valence-corrected chi connectivity index (χ3v) is 4.91. The van der Waals surface area contributed by atoms with E-state index in [9.17, 15) is 8.42 Å². The van der Waals surface area contributed by atoms with Crippen LogP contribution in [0.1, 0.15) is 16.8 Å². The van der Waals surface area contributed by atoms with E-state index in [1.165, 1.54) is 19.2 Å². The van der Waals surface area contributed by atoms with Crippen molar-refractivity contribution >= 4 is 27.0 Å². The van der Waals surface area contributed by atoms with Crippen LogP contribution in [0, 0.1) is 0 Å². The van der Waals surface area contributed by atoms with Crippen LogP contribution in [0.25, 0.3) is 0 Å². The van der Waals surface area contributed by atoms with E-state index in [1.54, 1.807) is 17.4 Å². The summed E-state index contributed by atoms with van der Waals surface area (Å²) in [7, 11) is -2.21. The van der Waals surface area contributed by atoms with Crippen molar-refractivity contribution in [3.8, 4) is 5.75 Å². The van der Waals surface area contributed by atoms with Crippen molar-refractivity contribution < 1.29 is 13.2 Å². The molecule has 0 spiro atoms. The number of rotatable bonds is 6. The summed E-state index contributed by atoms with van der Waals surface area (Å²) in [6, 6.07) is 4.46. The molecule has 6 nitrogen and oxygen atoms in total. The highest BCUT2D eigenvalue weighted by Crippen LogP contribution is 2.28. The summed E-state index contributed by atoms with van der Waals surface area (Å²) in [6.45, 7) is 2.59. The number of benzene rings is 1. The van der Waals surface area contributed by atoms with Crippen molar-refractivity contribution in [3.63, 3.8) is 0 Å². The number of aryl methyl sites for hydroxylation is 1. The topological polar surface area (TPSA) is 94.3 Å². The number of sulfonamides is 1. The number of anilines is 1. The maximum absolute atomic E-state index is 11.4. The number of nitrogens with two attached hydrogens (primary N) is 1. The number of nitrogens with zero attached hydrogens (tertiary/aromatic N) is 1. The third-order valence-electron chi connectivity index (χ3n) is 2.86. The van der Waals surface area contributed by atoms with Gasteiger partial charge in [-0.1, -0.05) is 6.92 Å². The van der Waals surface area contributed by atoms with Gasteiger partial charge in [-0.2, -0.15) is 0 Å². The number of nitrogens with one attached hydrogen (secondary N) is 1. The van der Waals surface area contributed by atoms with E-state index in [1.807, 2.05) is 6.20 Å². The molecule has 8 heteroatoms. The summed E-state index contributed by atoms with van der Waals surface area (Å²) in [4.78, 5) is 5.39. The second-order valence-corrected chi connectivity index (χ2v) is 7.10. The number of hydrogen-bond donors (Lipinski definition) is 2. The fraction of sp³-hybridized carbons (Fsp3) is 0.308. The Balaban J connectivity index is 2.21. The first-order valence-corrected chi connectivity index (χ1v) is 8.68. The van der Waals surface area contributed by atoms with E-state index in [4.69, 9.17) is 9.88 Å². The van der Waals surface area contributed by atoms with Crippen molar-refractivity contribution in [2.75, 3.05) is 12.4 Å². The van der Waals surface area contributed by atoms with Gasteiger partial charge in [0.25, 0.3) is 0 Å². The summed E-state index contributed by atoms with van der Waals surface area (Å²) in [5.74, 6) is 0.558. The highest BCUT2D eigenvalue weighted by Gasteiger charge is 2.12. The highest BCUT2D eigenvalue weighted by molar-refractivity contribution is 7.89. The van der Waals surface area contributed by atoms with Crippen LogP contribution in [0.15, 0.2) is 29.3 Å². The maximum Gasteiger partial charge on any atom is 0.238 e. The molecule has 3 N–H and O–H groups in total. The summed E-state index contributed by atoms with van der Waals surface area (Å²) < 4.78 is 28.0. The third kappa shape index (κ3) is 3.93. The van der Waals surface area contributed by atoms with Crippen molar-refractivity contribution in [3.05, 3.63) is 34.3 Å². The lowest BCUT2D eigenvalue weighted by molar-refractivity contribution is 0.416. The molecule has 0 fully saturated rings. The van der Waals surface area contributed by atoms with Crippen molar-refractivity contribution in [2.24, 2.45) is 5.14 Å². The van der Waals surface area contributed by atoms with E-state index >= 15 is 0 Å². The number of methoxy groups -OCH3 is 1. The van der Waals surface area contributed by atoms with Gasteiger partial charge in [-0.25, -0.2) is 18.5 Å². The summed E-state index contributed by atoms with van der Waals surface area (Å²) in [5.41, 5.74) is 0.579. The van der Waals surface area contributed by atoms with Crippen LogP contribution in [0.5, 0.6) is 5.75 Å². The first-order valence-electron chi connectivity index (χ1n) is 6.32. The Hall–Kier alpha value is -1.64.